The van der Waals surface area contributed by atoms with E-state index in [9.17, 15) is 14.0 Å². The molecule has 2 aromatic carbocycles. The monoisotopic (exact) mass is 621 g/mol. The summed E-state index contributed by atoms with van der Waals surface area (Å²) in [5.41, 5.74) is 1.66. The molecule has 0 atom stereocenters. The number of carbonyl (C=O) groups is 2. The van der Waals surface area contributed by atoms with E-state index in [1.807, 2.05) is 49.0 Å². The summed E-state index contributed by atoms with van der Waals surface area (Å²) in [4.78, 5) is 30.3. The van der Waals surface area contributed by atoms with Gasteiger partial charge in [0.05, 0.1) is 18.4 Å². The number of halogens is 1. The second-order valence-corrected chi connectivity index (χ2v) is 12.4. The van der Waals surface area contributed by atoms with E-state index in [2.05, 4.69) is 15.6 Å². The highest BCUT2D eigenvalue weighted by Gasteiger charge is 2.26. The van der Waals surface area contributed by atoms with Crippen LogP contribution in [0.3, 0.4) is 0 Å². The van der Waals surface area contributed by atoms with Crippen LogP contribution in [-0.4, -0.2) is 53.6 Å². The van der Waals surface area contributed by atoms with Gasteiger partial charge in [-0.3, -0.25) is 9.59 Å². The van der Waals surface area contributed by atoms with E-state index in [4.69, 9.17) is 14.2 Å². The molecular weight excluding hydrogens is 581 g/mol. The number of rotatable bonds is 12. The fourth-order valence-electron chi connectivity index (χ4n) is 5.54. The van der Waals surface area contributed by atoms with Crippen LogP contribution in [0.25, 0.3) is 0 Å². The maximum absolute atomic E-state index is 14.0. The number of nitrogens with one attached hydrogen (secondary N) is 2. The summed E-state index contributed by atoms with van der Waals surface area (Å²) >= 11 is 1.88. The van der Waals surface area contributed by atoms with Crippen molar-refractivity contribution in [3.8, 4) is 17.4 Å². The Balaban J connectivity index is 1.10. The van der Waals surface area contributed by atoms with Crippen LogP contribution in [0.5, 0.6) is 17.4 Å². The van der Waals surface area contributed by atoms with Crippen molar-refractivity contribution in [1.29, 1.82) is 0 Å². The van der Waals surface area contributed by atoms with Gasteiger partial charge in [0.25, 0.3) is 11.8 Å². The molecule has 5 rings (SSSR count). The van der Waals surface area contributed by atoms with E-state index >= 15 is 0 Å². The van der Waals surface area contributed by atoms with Crippen LogP contribution in [0.4, 0.5) is 4.39 Å². The van der Waals surface area contributed by atoms with E-state index in [0.717, 1.165) is 61.8 Å². The third-order valence-corrected chi connectivity index (χ3v) is 9.04. The number of pyridine rings is 1. The Morgan fingerprint density at radius 2 is 1.70 bits per heavy atom. The van der Waals surface area contributed by atoms with Crippen molar-refractivity contribution >= 4 is 23.6 Å². The maximum atomic E-state index is 14.0. The predicted octanol–water partition coefficient (Wildman–Crippen LogP) is 6.19. The smallest absolute Gasteiger partial charge is 0.256 e. The van der Waals surface area contributed by atoms with Gasteiger partial charge in [-0.15, -0.1) is 0 Å². The highest BCUT2D eigenvalue weighted by atomic mass is 32.2. The molecule has 2 amide bonds. The number of thioether (sulfide) groups is 1. The normalized spacial score (nSPS) is 18.7. The van der Waals surface area contributed by atoms with Crippen molar-refractivity contribution in [2.24, 2.45) is 5.92 Å². The van der Waals surface area contributed by atoms with Gasteiger partial charge < -0.3 is 24.8 Å². The SMILES string of the molecule is CCOc1cc(OCc2ccccc2)ccc1C(=O)NC1CCC(CNC(=O)c2cc(F)cnc2OC2CCSCC2)CC1. The Morgan fingerprint density at radius 1 is 0.932 bits per heavy atom. The van der Waals surface area contributed by atoms with Crippen LogP contribution in [0, 0.1) is 11.7 Å². The third kappa shape index (κ3) is 8.87. The molecule has 1 saturated heterocycles. The van der Waals surface area contributed by atoms with Crippen molar-refractivity contribution in [1.82, 2.24) is 15.6 Å². The van der Waals surface area contributed by atoms with Crippen molar-refractivity contribution in [3.63, 3.8) is 0 Å². The molecule has 1 saturated carbocycles. The van der Waals surface area contributed by atoms with Crippen LogP contribution in [0.2, 0.25) is 0 Å². The highest BCUT2D eigenvalue weighted by Crippen LogP contribution is 2.29. The Hall–Kier alpha value is -3.79. The number of benzene rings is 2. The number of aromatic nitrogens is 1. The molecule has 8 nitrogen and oxygen atoms in total. The van der Waals surface area contributed by atoms with E-state index in [1.165, 1.54) is 6.07 Å². The number of carbonyl (C=O) groups excluding carboxylic acids is 2. The lowest BCUT2D eigenvalue weighted by molar-refractivity contribution is 0.0915. The minimum atomic E-state index is -0.570. The van der Waals surface area contributed by atoms with Gasteiger partial charge in [-0.1, -0.05) is 30.3 Å². The van der Waals surface area contributed by atoms with E-state index in [0.29, 0.717) is 36.8 Å². The Morgan fingerprint density at radius 3 is 2.45 bits per heavy atom. The van der Waals surface area contributed by atoms with Gasteiger partial charge in [0.15, 0.2) is 0 Å². The van der Waals surface area contributed by atoms with Gasteiger partial charge in [0.2, 0.25) is 5.88 Å². The fraction of sp³-hybridized carbons (Fsp3) is 0.441. The number of amides is 2. The predicted molar refractivity (Wildman–Crippen MR) is 169 cm³/mol. The summed E-state index contributed by atoms with van der Waals surface area (Å²) in [5, 5.41) is 6.12. The summed E-state index contributed by atoms with van der Waals surface area (Å²) in [6.45, 7) is 3.20. The molecule has 44 heavy (non-hydrogen) atoms. The van der Waals surface area contributed by atoms with Crippen molar-refractivity contribution in [2.45, 2.75) is 64.2 Å². The van der Waals surface area contributed by atoms with Crippen LogP contribution in [0.15, 0.2) is 60.8 Å². The molecule has 2 heterocycles. The Labute approximate surface area is 262 Å². The molecule has 0 bridgehead atoms. The van der Waals surface area contributed by atoms with Crippen LogP contribution < -0.4 is 24.8 Å². The summed E-state index contributed by atoms with van der Waals surface area (Å²) in [7, 11) is 0. The van der Waals surface area contributed by atoms with Gasteiger partial charge >= 0.3 is 0 Å². The lowest BCUT2D eigenvalue weighted by Gasteiger charge is -2.29. The summed E-state index contributed by atoms with van der Waals surface area (Å²) in [5.74, 6) is 2.44. The molecule has 2 aliphatic rings. The van der Waals surface area contributed by atoms with E-state index in [-0.39, 0.29) is 41.3 Å². The minimum Gasteiger partial charge on any atom is -0.493 e. The molecule has 0 spiro atoms. The average molecular weight is 622 g/mol. The summed E-state index contributed by atoms with van der Waals surface area (Å²) in [6, 6.07) is 16.4. The van der Waals surface area contributed by atoms with Gasteiger partial charge in [0, 0.05) is 18.7 Å². The molecular formula is C34H40FN3O5S. The zero-order valence-electron chi connectivity index (χ0n) is 25.1. The standard InChI is InChI=1S/C34H40FN3O5S/c1-2-41-31-19-28(42-22-24-6-4-3-5-7-24)12-13-29(31)33(40)38-26-10-8-23(9-11-26)20-36-32(39)30-18-25(35)21-37-34(30)43-27-14-16-44-17-15-27/h3-7,12-13,18-19,21,23,26-27H,2,8-11,14-17,20,22H2,1H3,(H,36,39)(H,38,40). The van der Waals surface area contributed by atoms with Crippen molar-refractivity contribution in [2.75, 3.05) is 24.7 Å². The first-order valence-electron chi connectivity index (χ1n) is 15.4. The van der Waals surface area contributed by atoms with E-state index in [1.54, 1.807) is 18.2 Å². The fourth-order valence-corrected chi connectivity index (χ4v) is 6.60. The zero-order valence-corrected chi connectivity index (χ0v) is 25.9. The maximum Gasteiger partial charge on any atom is 0.256 e. The minimum absolute atomic E-state index is 0.0122. The number of hydrogen-bond donors (Lipinski definition) is 2. The number of nitrogens with zero attached hydrogens (tertiary/aromatic N) is 1. The number of ether oxygens (including phenoxy) is 3. The molecule has 0 unspecified atom stereocenters. The topological polar surface area (TPSA) is 98.8 Å². The van der Waals surface area contributed by atoms with Gasteiger partial charge in [-0.2, -0.15) is 11.8 Å². The largest absolute Gasteiger partial charge is 0.493 e. The lowest BCUT2D eigenvalue weighted by atomic mass is 9.86. The first-order chi connectivity index (χ1) is 21.5. The van der Waals surface area contributed by atoms with E-state index < -0.39 is 5.82 Å². The molecule has 10 heteroatoms. The molecule has 2 fully saturated rings. The molecule has 2 N–H and O–H groups in total. The first kappa shape index (κ1) is 31.6. The molecule has 0 radical (unpaired) electrons. The second kappa shape index (κ2) is 15.8. The molecule has 3 aromatic rings. The molecule has 234 valence electrons. The second-order valence-electron chi connectivity index (χ2n) is 11.2. The van der Waals surface area contributed by atoms with Crippen LogP contribution in [-0.2, 0) is 6.61 Å². The van der Waals surface area contributed by atoms with Crippen molar-refractivity contribution < 1.29 is 28.2 Å². The first-order valence-corrected chi connectivity index (χ1v) is 16.6. The van der Waals surface area contributed by atoms with Gasteiger partial charge in [-0.05, 0) is 86.6 Å². The van der Waals surface area contributed by atoms with Crippen molar-refractivity contribution in [3.05, 3.63) is 83.3 Å². The quantitative estimate of drug-likeness (QED) is 0.249. The van der Waals surface area contributed by atoms with Gasteiger partial charge in [-0.25, -0.2) is 9.37 Å². The summed E-state index contributed by atoms with van der Waals surface area (Å²) < 4.78 is 31.7. The lowest BCUT2D eigenvalue weighted by Crippen LogP contribution is -2.40. The Bertz CT molecular complexity index is 1390. The number of hydrogen-bond acceptors (Lipinski definition) is 7. The molecule has 1 aliphatic heterocycles. The molecule has 1 aliphatic carbocycles. The van der Waals surface area contributed by atoms with Crippen LogP contribution >= 0.6 is 11.8 Å². The average Bonchev–Trinajstić information content (AvgIpc) is 3.05. The highest BCUT2D eigenvalue weighted by molar-refractivity contribution is 7.99. The third-order valence-electron chi connectivity index (χ3n) is 7.99. The Kier molecular flexibility index (Phi) is 11.4. The molecule has 1 aromatic heterocycles. The van der Waals surface area contributed by atoms with Gasteiger partial charge in [0.1, 0.15) is 35.6 Å². The van der Waals surface area contributed by atoms with Crippen LogP contribution in [0.1, 0.15) is 71.7 Å². The summed E-state index contributed by atoms with van der Waals surface area (Å²) in [6.07, 6.45) is 6.12. The zero-order chi connectivity index (χ0) is 30.7.